The first-order valence-corrected chi connectivity index (χ1v) is 9.62. The van der Waals surface area contributed by atoms with E-state index in [2.05, 4.69) is 39.8 Å². The van der Waals surface area contributed by atoms with Gasteiger partial charge in [0.05, 0.1) is 18.8 Å². The fourth-order valence-electron chi connectivity index (χ4n) is 2.92. The fraction of sp³-hybridized carbons (Fsp3) is 0.389. The van der Waals surface area contributed by atoms with Crippen LogP contribution in [0.2, 0.25) is 0 Å². The van der Waals surface area contributed by atoms with E-state index in [1.165, 1.54) is 15.6 Å². The molecule has 29 heavy (non-hydrogen) atoms. The summed E-state index contributed by atoms with van der Waals surface area (Å²) < 4.78 is 35.9. The predicted molar refractivity (Wildman–Crippen MR) is 100 cm³/mol. The van der Waals surface area contributed by atoms with Gasteiger partial charge in [-0.05, 0) is 25.1 Å². The van der Waals surface area contributed by atoms with Crippen LogP contribution in [-0.2, 0) is 31.0 Å². The highest BCUT2D eigenvalue weighted by atomic mass is 32.1. The average molecular weight is 427 g/mol. The second kappa shape index (κ2) is 8.78. The van der Waals surface area contributed by atoms with Gasteiger partial charge in [-0.15, -0.1) is 11.3 Å². The van der Waals surface area contributed by atoms with Gasteiger partial charge >= 0.3 is 12.1 Å². The Morgan fingerprint density at radius 2 is 2.03 bits per heavy atom. The highest BCUT2D eigenvalue weighted by Crippen LogP contribution is 2.20. The molecule has 0 saturated carbocycles. The lowest BCUT2D eigenvalue weighted by atomic mass is 10.3. The zero-order valence-corrected chi connectivity index (χ0v) is 16.4. The van der Waals surface area contributed by atoms with Gasteiger partial charge in [-0.1, -0.05) is 0 Å². The molecule has 1 aliphatic heterocycles. The smallest absolute Gasteiger partial charge is 0.475 e. The van der Waals surface area contributed by atoms with Gasteiger partial charge in [0.1, 0.15) is 5.82 Å². The molecule has 0 aliphatic carbocycles. The van der Waals surface area contributed by atoms with E-state index >= 15 is 0 Å². The topological polar surface area (TPSA) is 76.2 Å². The summed E-state index contributed by atoms with van der Waals surface area (Å²) in [6.07, 6.45) is 0.869. The molecule has 3 aromatic rings. The number of thiophene rings is 1. The van der Waals surface area contributed by atoms with Crippen LogP contribution >= 0.6 is 11.3 Å². The normalized spacial score (nSPS) is 14.2. The third-order valence-electron chi connectivity index (χ3n) is 4.23. The zero-order valence-electron chi connectivity index (χ0n) is 15.6. The number of carboxylic acid groups (broad SMARTS) is 1. The van der Waals surface area contributed by atoms with Gasteiger partial charge in [0.15, 0.2) is 0 Å². The van der Waals surface area contributed by atoms with Crippen LogP contribution in [0.1, 0.15) is 21.3 Å². The van der Waals surface area contributed by atoms with Crippen molar-refractivity contribution in [3.8, 4) is 0 Å². The van der Waals surface area contributed by atoms with Gasteiger partial charge in [0.2, 0.25) is 0 Å². The monoisotopic (exact) mass is 427 g/mol. The molecule has 0 saturated heterocycles. The first-order valence-electron chi connectivity index (χ1n) is 8.81. The highest BCUT2D eigenvalue weighted by Gasteiger charge is 2.38. The Balaban J connectivity index is 0.000000298. The molecule has 4 heterocycles. The number of aromatic nitrogens is 4. The first-order chi connectivity index (χ1) is 13.7. The van der Waals surface area contributed by atoms with Gasteiger partial charge in [-0.2, -0.15) is 18.3 Å². The molecule has 156 valence electrons. The number of alkyl halides is 3. The van der Waals surface area contributed by atoms with Crippen molar-refractivity contribution in [3.05, 3.63) is 58.1 Å². The lowest BCUT2D eigenvalue weighted by Gasteiger charge is -2.26. The summed E-state index contributed by atoms with van der Waals surface area (Å²) in [6.45, 7) is 6.97. The first kappa shape index (κ1) is 21.1. The summed E-state index contributed by atoms with van der Waals surface area (Å²) in [5, 5.41) is 11.4. The van der Waals surface area contributed by atoms with E-state index in [1.54, 1.807) is 6.20 Å². The molecule has 4 rings (SSSR count). The lowest BCUT2D eigenvalue weighted by Crippen LogP contribution is -2.32. The van der Waals surface area contributed by atoms with Crippen LogP contribution in [-0.4, -0.2) is 48.0 Å². The van der Waals surface area contributed by atoms with Crippen molar-refractivity contribution < 1.29 is 23.1 Å². The summed E-state index contributed by atoms with van der Waals surface area (Å²) in [6, 6.07) is 6.39. The Labute approximate surface area is 169 Å². The standard InChI is InChI=1S/C16H19N5S.C2HF3O2/c1-13-3-4-15(22-13)11-19-7-8-20-9-14(18-16(20)12-19)10-21-6-2-5-17-21;3-2(4,5)1(6)7/h2-6,9H,7-8,10-12H2,1H3;(H,6,7). The largest absolute Gasteiger partial charge is 0.490 e. The van der Waals surface area contributed by atoms with Crippen LogP contribution < -0.4 is 0 Å². The number of carboxylic acids is 1. The summed E-state index contributed by atoms with van der Waals surface area (Å²) in [7, 11) is 0. The summed E-state index contributed by atoms with van der Waals surface area (Å²) >= 11 is 1.89. The molecule has 0 radical (unpaired) electrons. The van der Waals surface area contributed by atoms with E-state index in [-0.39, 0.29) is 0 Å². The fourth-order valence-corrected chi connectivity index (χ4v) is 3.86. The summed E-state index contributed by atoms with van der Waals surface area (Å²) in [5.41, 5.74) is 1.09. The summed E-state index contributed by atoms with van der Waals surface area (Å²) in [5.74, 6) is -1.59. The molecule has 0 atom stereocenters. The number of aryl methyl sites for hydroxylation is 1. The average Bonchev–Trinajstić information content (AvgIpc) is 3.36. The van der Waals surface area contributed by atoms with E-state index < -0.39 is 12.1 Å². The maximum atomic E-state index is 10.6. The second-order valence-corrected chi connectivity index (χ2v) is 7.94. The number of carbonyl (C=O) groups is 1. The number of nitrogens with zero attached hydrogens (tertiary/aromatic N) is 5. The molecule has 0 spiro atoms. The quantitative estimate of drug-likeness (QED) is 0.692. The molecular formula is C18H20F3N5O2S. The number of halogens is 3. The number of hydrogen-bond acceptors (Lipinski definition) is 5. The van der Waals surface area contributed by atoms with Crippen molar-refractivity contribution in [1.82, 2.24) is 24.2 Å². The molecule has 7 nitrogen and oxygen atoms in total. The molecule has 0 unspecified atom stereocenters. The Bertz CT molecular complexity index is 949. The van der Waals surface area contributed by atoms with Crippen molar-refractivity contribution in [1.29, 1.82) is 0 Å². The SMILES string of the molecule is Cc1ccc(CN2CCn3cc(Cn4cccn4)nc3C2)s1.O=C(O)C(F)(F)F. The number of hydrogen-bond donors (Lipinski definition) is 1. The molecule has 1 aliphatic rings. The molecule has 11 heteroatoms. The second-order valence-electron chi connectivity index (χ2n) is 6.57. The van der Waals surface area contributed by atoms with Crippen LogP contribution in [0.15, 0.2) is 36.8 Å². The van der Waals surface area contributed by atoms with Crippen molar-refractivity contribution in [2.75, 3.05) is 6.54 Å². The van der Waals surface area contributed by atoms with Crippen molar-refractivity contribution in [2.24, 2.45) is 0 Å². The number of aliphatic carboxylic acids is 1. The van der Waals surface area contributed by atoms with Crippen LogP contribution in [0.4, 0.5) is 13.2 Å². The Hall–Kier alpha value is -2.66. The van der Waals surface area contributed by atoms with E-state index in [4.69, 9.17) is 14.9 Å². The van der Waals surface area contributed by atoms with Gasteiger partial charge in [-0.25, -0.2) is 9.78 Å². The minimum Gasteiger partial charge on any atom is -0.475 e. The van der Waals surface area contributed by atoms with Crippen molar-refractivity contribution >= 4 is 17.3 Å². The molecular weight excluding hydrogens is 407 g/mol. The van der Waals surface area contributed by atoms with Gasteiger partial charge in [0, 0.05) is 48.0 Å². The minimum atomic E-state index is -5.08. The molecule has 0 aromatic carbocycles. The summed E-state index contributed by atoms with van der Waals surface area (Å²) in [4.78, 5) is 19.0. The molecule has 0 fully saturated rings. The van der Waals surface area contributed by atoms with E-state index in [9.17, 15) is 13.2 Å². The molecule has 1 N–H and O–H groups in total. The molecule has 0 amide bonds. The zero-order chi connectivity index (χ0) is 21.0. The molecule has 0 bridgehead atoms. The van der Waals surface area contributed by atoms with E-state index in [1.807, 2.05) is 28.3 Å². The van der Waals surface area contributed by atoms with Crippen LogP contribution in [0.5, 0.6) is 0 Å². The Kier molecular flexibility index (Phi) is 6.38. The van der Waals surface area contributed by atoms with Crippen molar-refractivity contribution in [3.63, 3.8) is 0 Å². The van der Waals surface area contributed by atoms with Gasteiger partial charge in [-0.3, -0.25) is 9.58 Å². The third kappa shape index (κ3) is 5.91. The van der Waals surface area contributed by atoms with Crippen LogP contribution in [0.3, 0.4) is 0 Å². The Morgan fingerprint density at radius 1 is 1.28 bits per heavy atom. The van der Waals surface area contributed by atoms with Gasteiger partial charge < -0.3 is 9.67 Å². The molecule has 3 aromatic heterocycles. The Morgan fingerprint density at radius 3 is 2.62 bits per heavy atom. The maximum Gasteiger partial charge on any atom is 0.490 e. The number of fused-ring (bicyclic) bond motifs is 1. The minimum absolute atomic E-state index is 0.747. The van der Waals surface area contributed by atoms with Crippen molar-refractivity contribution in [2.45, 2.75) is 39.3 Å². The lowest BCUT2D eigenvalue weighted by molar-refractivity contribution is -0.192. The highest BCUT2D eigenvalue weighted by molar-refractivity contribution is 7.11. The van der Waals surface area contributed by atoms with Crippen LogP contribution in [0.25, 0.3) is 0 Å². The van der Waals surface area contributed by atoms with E-state index in [0.29, 0.717) is 0 Å². The maximum absolute atomic E-state index is 10.6. The number of imidazole rings is 1. The van der Waals surface area contributed by atoms with E-state index in [0.717, 1.165) is 38.4 Å². The third-order valence-corrected chi connectivity index (χ3v) is 5.22. The predicted octanol–water partition coefficient (Wildman–Crippen LogP) is 3.15. The number of rotatable bonds is 4. The van der Waals surface area contributed by atoms with Gasteiger partial charge in [0.25, 0.3) is 0 Å². The van der Waals surface area contributed by atoms with Crippen LogP contribution in [0, 0.1) is 6.92 Å².